The van der Waals surface area contributed by atoms with Gasteiger partial charge in [-0.1, -0.05) is 30.3 Å². The van der Waals surface area contributed by atoms with Crippen LogP contribution in [0.3, 0.4) is 0 Å². The van der Waals surface area contributed by atoms with Crippen LogP contribution in [0.15, 0.2) is 55.0 Å². The zero-order valence-electron chi connectivity index (χ0n) is 15.6. The van der Waals surface area contributed by atoms with Crippen LogP contribution >= 0.6 is 0 Å². The normalized spacial score (nSPS) is 11.0. The summed E-state index contributed by atoms with van der Waals surface area (Å²) in [4.78, 5) is 13.7. The molecule has 0 aliphatic rings. The summed E-state index contributed by atoms with van der Waals surface area (Å²) < 4.78 is 1.80. The third kappa shape index (κ3) is 3.79. The van der Waals surface area contributed by atoms with E-state index in [2.05, 4.69) is 46.6 Å². The summed E-state index contributed by atoms with van der Waals surface area (Å²) in [6.45, 7) is 2.75. The van der Waals surface area contributed by atoms with Crippen LogP contribution in [0.4, 0.5) is 5.82 Å². The van der Waals surface area contributed by atoms with E-state index in [4.69, 9.17) is 9.97 Å². The zero-order chi connectivity index (χ0) is 18.6. The number of aromatic nitrogens is 5. The lowest BCUT2D eigenvalue weighted by Crippen LogP contribution is -2.08. The molecular formula is C21H22N6. The molecule has 0 amide bonds. The molecule has 0 atom stereocenters. The van der Waals surface area contributed by atoms with E-state index in [9.17, 15) is 0 Å². The van der Waals surface area contributed by atoms with Crippen LogP contribution in [0, 0.1) is 6.92 Å². The van der Waals surface area contributed by atoms with Crippen molar-refractivity contribution >= 4 is 16.9 Å². The van der Waals surface area contributed by atoms with Gasteiger partial charge in [0.2, 0.25) is 0 Å². The van der Waals surface area contributed by atoms with Crippen molar-refractivity contribution in [3.63, 3.8) is 0 Å². The van der Waals surface area contributed by atoms with E-state index in [1.807, 2.05) is 37.8 Å². The van der Waals surface area contributed by atoms with Crippen molar-refractivity contribution in [2.75, 3.05) is 5.32 Å². The smallest absolute Gasteiger partial charge is 0.163 e. The summed E-state index contributed by atoms with van der Waals surface area (Å²) >= 11 is 0. The molecule has 136 valence electrons. The predicted octanol–water partition coefficient (Wildman–Crippen LogP) is 3.46. The highest BCUT2D eigenvalue weighted by atomic mass is 15.3. The second-order valence-corrected chi connectivity index (χ2v) is 6.64. The lowest BCUT2D eigenvalue weighted by Gasteiger charge is -2.10. The molecule has 0 spiro atoms. The monoisotopic (exact) mass is 358 g/mol. The summed E-state index contributed by atoms with van der Waals surface area (Å²) in [5.74, 6) is 1.65. The minimum atomic E-state index is 0.688. The number of anilines is 1. The Labute approximate surface area is 158 Å². The highest BCUT2D eigenvalue weighted by Gasteiger charge is 2.12. The van der Waals surface area contributed by atoms with E-state index in [1.165, 1.54) is 11.1 Å². The second-order valence-electron chi connectivity index (χ2n) is 6.64. The highest BCUT2D eigenvalue weighted by Crippen LogP contribution is 2.21. The second kappa shape index (κ2) is 7.53. The minimum Gasteiger partial charge on any atom is -0.365 e. The molecule has 4 rings (SSSR count). The number of nitrogens with zero attached hydrogens (tertiary/aromatic N) is 5. The SMILES string of the molecule is Cc1cnccc1CNc1nc(CCc2ccccc2)nc2c1cnn2C. The van der Waals surface area contributed by atoms with E-state index in [0.29, 0.717) is 6.54 Å². The maximum atomic E-state index is 4.78. The fourth-order valence-electron chi connectivity index (χ4n) is 3.09. The molecule has 1 aromatic carbocycles. The number of nitrogens with one attached hydrogen (secondary N) is 1. The van der Waals surface area contributed by atoms with Crippen LogP contribution in [-0.2, 0) is 26.4 Å². The summed E-state index contributed by atoms with van der Waals surface area (Å²) in [7, 11) is 1.91. The Morgan fingerprint density at radius 1 is 1.00 bits per heavy atom. The first kappa shape index (κ1) is 17.1. The van der Waals surface area contributed by atoms with Crippen molar-refractivity contribution in [3.8, 4) is 0 Å². The first-order chi connectivity index (χ1) is 13.2. The van der Waals surface area contributed by atoms with Crippen molar-refractivity contribution in [2.45, 2.75) is 26.3 Å². The average molecular weight is 358 g/mol. The lowest BCUT2D eigenvalue weighted by molar-refractivity contribution is 0.775. The molecule has 27 heavy (non-hydrogen) atoms. The number of hydrogen-bond donors (Lipinski definition) is 1. The summed E-state index contributed by atoms with van der Waals surface area (Å²) in [5.41, 5.74) is 4.49. The third-order valence-corrected chi connectivity index (χ3v) is 4.70. The molecule has 0 bridgehead atoms. The van der Waals surface area contributed by atoms with Crippen molar-refractivity contribution in [1.29, 1.82) is 0 Å². The van der Waals surface area contributed by atoms with Crippen LogP contribution < -0.4 is 5.32 Å². The Balaban J connectivity index is 1.60. The molecule has 0 aliphatic heterocycles. The Bertz CT molecular complexity index is 1050. The first-order valence-corrected chi connectivity index (χ1v) is 9.06. The van der Waals surface area contributed by atoms with Gasteiger partial charge in [0.1, 0.15) is 11.6 Å². The molecule has 0 radical (unpaired) electrons. The maximum Gasteiger partial charge on any atom is 0.163 e. The molecule has 0 fully saturated rings. The summed E-state index contributed by atoms with van der Waals surface area (Å²) in [6, 6.07) is 12.4. The number of benzene rings is 1. The number of hydrogen-bond acceptors (Lipinski definition) is 5. The molecule has 0 aliphatic carbocycles. The number of fused-ring (bicyclic) bond motifs is 1. The van der Waals surface area contributed by atoms with E-state index >= 15 is 0 Å². The van der Waals surface area contributed by atoms with Gasteiger partial charge in [0.15, 0.2) is 5.65 Å². The van der Waals surface area contributed by atoms with Crippen LogP contribution in [0.25, 0.3) is 11.0 Å². The molecule has 0 saturated carbocycles. The van der Waals surface area contributed by atoms with Gasteiger partial charge >= 0.3 is 0 Å². The van der Waals surface area contributed by atoms with E-state index in [0.717, 1.165) is 41.1 Å². The first-order valence-electron chi connectivity index (χ1n) is 9.06. The lowest BCUT2D eigenvalue weighted by atomic mass is 10.1. The van der Waals surface area contributed by atoms with Crippen molar-refractivity contribution in [1.82, 2.24) is 24.7 Å². The van der Waals surface area contributed by atoms with E-state index in [-0.39, 0.29) is 0 Å². The molecule has 3 heterocycles. The molecule has 4 aromatic rings. The number of pyridine rings is 1. The van der Waals surface area contributed by atoms with Crippen LogP contribution in [0.1, 0.15) is 22.5 Å². The number of rotatable bonds is 6. The molecule has 0 unspecified atom stereocenters. The van der Waals surface area contributed by atoms with Gasteiger partial charge < -0.3 is 5.32 Å². The molecule has 3 aromatic heterocycles. The van der Waals surface area contributed by atoms with Gasteiger partial charge in [0, 0.05) is 32.4 Å². The zero-order valence-corrected chi connectivity index (χ0v) is 15.6. The van der Waals surface area contributed by atoms with Gasteiger partial charge in [-0.25, -0.2) is 9.97 Å². The van der Waals surface area contributed by atoms with Crippen LogP contribution in [-0.4, -0.2) is 24.7 Å². The minimum absolute atomic E-state index is 0.688. The Morgan fingerprint density at radius 2 is 1.85 bits per heavy atom. The molecule has 6 heteroatoms. The van der Waals surface area contributed by atoms with Crippen molar-refractivity contribution in [2.24, 2.45) is 7.05 Å². The Hall–Kier alpha value is -3.28. The van der Waals surface area contributed by atoms with Crippen molar-refractivity contribution in [3.05, 3.63) is 77.5 Å². The van der Waals surface area contributed by atoms with Gasteiger partial charge in [-0.3, -0.25) is 9.67 Å². The summed E-state index contributed by atoms with van der Waals surface area (Å²) in [5, 5.41) is 8.75. The topological polar surface area (TPSA) is 68.5 Å². The fraction of sp³-hybridized carbons (Fsp3) is 0.238. The van der Waals surface area contributed by atoms with Crippen LogP contribution in [0.5, 0.6) is 0 Å². The fourth-order valence-corrected chi connectivity index (χ4v) is 3.09. The molecular weight excluding hydrogens is 336 g/mol. The Kier molecular flexibility index (Phi) is 4.78. The quantitative estimate of drug-likeness (QED) is 0.572. The third-order valence-electron chi connectivity index (χ3n) is 4.70. The van der Waals surface area contributed by atoms with E-state index in [1.54, 1.807) is 4.68 Å². The van der Waals surface area contributed by atoms with Gasteiger partial charge in [0.05, 0.1) is 11.6 Å². The average Bonchev–Trinajstić information content (AvgIpc) is 3.07. The number of aryl methyl sites for hydroxylation is 4. The maximum absolute atomic E-state index is 4.78. The predicted molar refractivity (Wildman–Crippen MR) is 106 cm³/mol. The van der Waals surface area contributed by atoms with Gasteiger partial charge in [-0.15, -0.1) is 0 Å². The van der Waals surface area contributed by atoms with E-state index < -0.39 is 0 Å². The molecule has 0 saturated heterocycles. The largest absolute Gasteiger partial charge is 0.365 e. The standard InChI is InChI=1S/C21H22N6/c1-15-12-22-11-10-17(15)13-23-20-18-14-24-27(2)21(18)26-19(25-20)9-8-16-6-4-3-5-7-16/h3-7,10-12,14H,8-9,13H2,1-2H3,(H,23,25,26). The highest BCUT2D eigenvalue weighted by molar-refractivity contribution is 5.86. The molecule has 6 nitrogen and oxygen atoms in total. The van der Waals surface area contributed by atoms with Crippen molar-refractivity contribution < 1.29 is 0 Å². The molecule has 1 N–H and O–H groups in total. The van der Waals surface area contributed by atoms with Gasteiger partial charge in [0.25, 0.3) is 0 Å². The summed E-state index contributed by atoms with van der Waals surface area (Å²) in [6.07, 6.45) is 7.20. The van der Waals surface area contributed by atoms with Gasteiger partial charge in [-0.05, 0) is 36.1 Å². The van der Waals surface area contributed by atoms with Gasteiger partial charge in [-0.2, -0.15) is 5.10 Å². The van der Waals surface area contributed by atoms with Crippen LogP contribution in [0.2, 0.25) is 0 Å². The Morgan fingerprint density at radius 3 is 2.67 bits per heavy atom.